The maximum absolute atomic E-state index is 12.7. The third-order valence-electron chi connectivity index (χ3n) is 5.90. The van der Waals surface area contributed by atoms with E-state index in [1.807, 2.05) is 24.3 Å². The molecule has 0 bridgehead atoms. The Bertz CT molecular complexity index is 937. The van der Waals surface area contributed by atoms with E-state index in [9.17, 15) is 9.59 Å². The third-order valence-corrected chi connectivity index (χ3v) is 5.90. The maximum atomic E-state index is 12.7. The Kier molecular flexibility index (Phi) is 8.37. The Morgan fingerprint density at radius 3 is 2.52 bits per heavy atom. The summed E-state index contributed by atoms with van der Waals surface area (Å²) in [7, 11) is 0. The average molecular weight is 452 g/mol. The molecule has 1 aliphatic rings. The van der Waals surface area contributed by atoms with Crippen LogP contribution in [-0.4, -0.2) is 44.6 Å². The summed E-state index contributed by atoms with van der Waals surface area (Å²) < 4.78 is 5.59. The topological polar surface area (TPSA) is 61.9 Å². The fraction of sp³-hybridized carbons (Fsp3) is 0.481. The number of anilines is 2. The molecule has 0 saturated heterocycles. The number of carbonyl (C=O) groups is 2. The molecule has 2 amide bonds. The van der Waals surface area contributed by atoms with Crippen LogP contribution in [0.15, 0.2) is 48.5 Å². The molecule has 1 N–H and O–H groups in total. The summed E-state index contributed by atoms with van der Waals surface area (Å²) in [6.07, 6.45) is 3.12. The quantitative estimate of drug-likeness (QED) is 0.540. The van der Waals surface area contributed by atoms with Crippen molar-refractivity contribution in [2.24, 2.45) is 0 Å². The number of benzene rings is 2. The first-order valence-electron chi connectivity index (χ1n) is 11.9. The van der Waals surface area contributed by atoms with Gasteiger partial charge in [-0.1, -0.05) is 58.4 Å². The van der Waals surface area contributed by atoms with Crippen LogP contribution >= 0.6 is 0 Å². The predicted octanol–water partition coefficient (Wildman–Crippen LogP) is 4.52. The number of nitrogens with zero attached hydrogens (tertiary/aromatic N) is 2. The first-order valence-corrected chi connectivity index (χ1v) is 11.9. The lowest BCUT2D eigenvalue weighted by molar-refractivity contribution is -0.125. The zero-order chi connectivity index (χ0) is 23.8. The highest BCUT2D eigenvalue weighted by atomic mass is 16.5. The van der Waals surface area contributed by atoms with Crippen molar-refractivity contribution in [2.75, 3.05) is 42.6 Å². The highest BCUT2D eigenvalue weighted by Crippen LogP contribution is 2.36. The molecule has 0 spiro atoms. The highest BCUT2D eigenvalue weighted by Gasteiger charge is 2.29. The van der Waals surface area contributed by atoms with Crippen molar-refractivity contribution >= 4 is 23.2 Å². The number of rotatable bonds is 10. The Hall–Kier alpha value is -3.02. The predicted molar refractivity (Wildman–Crippen MR) is 134 cm³/mol. The molecule has 0 aliphatic carbocycles. The van der Waals surface area contributed by atoms with Gasteiger partial charge in [-0.15, -0.1) is 0 Å². The van der Waals surface area contributed by atoms with Gasteiger partial charge in [-0.05, 0) is 48.1 Å². The Balaban J connectivity index is 1.56. The first-order chi connectivity index (χ1) is 15.8. The highest BCUT2D eigenvalue weighted by molar-refractivity contribution is 6.02. The number of nitrogens with one attached hydrogen (secondary N) is 1. The minimum Gasteiger partial charge on any atom is -0.482 e. The van der Waals surface area contributed by atoms with E-state index >= 15 is 0 Å². The molecule has 0 atom stereocenters. The van der Waals surface area contributed by atoms with Crippen LogP contribution in [0.3, 0.4) is 0 Å². The van der Waals surface area contributed by atoms with Gasteiger partial charge in [-0.2, -0.15) is 0 Å². The molecular formula is C27H37N3O3. The second kappa shape index (κ2) is 11.2. The van der Waals surface area contributed by atoms with Gasteiger partial charge in [0.05, 0.1) is 5.69 Å². The Morgan fingerprint density at radius 1 is 1.09 bits per heavy atom. The lowest BCUT2D eigenvalue weighted by Crippen LogP contribution is -2.45. The van der Waals surface area contributed by atoms with Crippen LogP contribution in [0.5, 0.6) is 5.75 Å². The molecule has 0 saturated carbocycles. The number of hydrogen-bond donors (Lipinski definition) is 1. The van der Waals surface area contributed by atoms with Crippen LogP contribution in [0.1, 0.15) is 52.5 Å². The fourth-order valence-corrected chi connectivity index (χ4v) is 3.90. The monoisotopic (exact) mass is 451 g/mol. The maximum Gasteiger partial charge on any atom is 0.265 e. The average Bonchev–Trinajstić information content (AvgIpc) is 2.80. The number of unbranched alkanes of at least 4 members (excludes halogenated alkanes) is 1. The molecule has 0 fully saturated rings. The summed E-state index contributed by atoms with van der Waals surface area (Å²) in [5.41, 5.74) is 2.91. The van der Waals surface area contributed by atoms with Gasteiger partial charge in [-0.25, -0.2) is 0 Å². The molecule has 33 heavy (non-hydrogen) atoms. The fourth-order valence-electron chi connectivity index (χ4n) is 3.90. The zero-order valence-corrected chi connectivity index (χ0v) is 20.4. The van der Waals surface area contributed by atoms with Crippen LogP contribution in [0.25, 0.3) is 0 Å². The lowest BCUT2D eigenvalue weighted by Gasteiger charge is -2.31. The van der Waals surface area contributed by atoms with Crippen molar-refractivity contribution < 1.29 is 14.3 Å². The zero-order valence-electron chi connectivity index (χ0n) is 20.4. The molecule has 2 aromatic carbocycles. The molecule has 6 nitrogen and oxygen atoms in total. The number of fused-ring (bicyclic) bond motifs is 1. The van der Waals surface area contributed by atoms with Gasteiger partial charge in [0.25, 0.3) is 5.91 Å². The van der Waals surface area contributed by atoms with E-state index in [0.717, 1.165) is 37.9 Å². The second-order valence-electron chi connectivity index (χ2n) is 9.58. The van der Waals surface area contributed by atoms with E-state index in [-0.39, 0.29) is 30.4 Å². The van der Waals surface area contributed by atoms with Crippen molar-refractivity contribution in [2.45, 2.75) is 52.4 Å². The Morgan fingerprint density at radius 2 is 1.82 bits per heavy atom. The summed E-state index contributed by atoms with van der Waals surface area (Å²) in [6, 6.07) is 16.3. The second-order valence-corrected chi connectivity index (χ2v) is 9.58. The van der Waals surface area contributed by atoms with E-state index in [4.69, 9.17) is 4.74 Å². The number of hydrogen-bond acceptors (Lipinski definition) is 4. The normalized spacial score (nSPS) is 13.3. The third kappa shape index (κ3) is 6.73. The Labute approximate surface area is 197 Å². The number of amides is 2. The minimum absolute atomic E-state index is 0.00102. The molecule has 2 aromatic rings. The van der Waals surface area contributed by atoms with Crippen LogP contribution in [0, 0.1) is 0 Å². The van der Waals surface area contributed by atoms with E-state index in [0.29, 0.717) is 18.0 Å². The van der Waals surface area contributed by atoms with Gasteiger partial charge in [0, 0.05) is 25.3 Å². The number of ether oxygens (including phenoxy) is 1. The standard InChI is InChI=1S/C27H37N3O3/c1-5-6-16-29(22-11-8-7-9-12-22)17-10-15-28-25(31)19-30-23-18-21(27(2,3)4)13-14-24(23)33-20-26(30)32/h7-9,11-14,18H,5-6,10,15-17,19-20H2,1-4H3,(H,28,31). The van der Waals surface area contributed by atoms with Crippen LogP contribution < -0.4 is 19.9 Å². The van der Waals surface area contributed by atoms with Crippen LogP contribution in [0.4, 0.5) is 11.4 Å². The lowest BCUT2D eigenvalue weighted by atomic mass is 9.86. The summed E-state index contributed by atoms with van der Waals surface area (Å²) in [4.78, 5) is 29.1. The molecular weight excluding hydrogens is 414 g/mol. The van der Waals surface area contributed by atoms with Gasteiger partial charge in [0.2, 0.25) is 5.91 Å². The van der Waals surface area contributed by atoms with Crippen molar-refractivity contribution in [3.05, 3.63) is 54.1 Å². The molecule has 178 valence electrons. The van der Waals surface area contributed by atoms with E-state index in [1.54, 1.807) is 4.90 Å². The van der Waals surface area contributed by atoms with Gasteiger partial charge < -0.3 is 15.0 Å². The summed E-state index contributed by atoms with van der Waals surface area (Å²) in [6.45, 7) is 11.0. The number of carbonyl (C=O) groups excluding carboxylic acids is 2. The molecule has 1 aliphatic heterocycles. The summed E-state index contributed by atoms with van der Waals surface area (Å²) in [5, 5.41) is 2.99. The molecule has 6 heteroatoms. The van der Waals surface area contributed by atoms with Gasteiger partial charge in [0.15, 0.2) is 6.61 Å². The minimum atomic E-state index is -0.196. The molecule has 3 rings (SSSR count). The van der Waals surface area contributed by atoms with E-state index in [1.165, 1.54) is 5.69 Å². The summed E-state index contributed by atoms with van der Waals surface area (Å²) >= 11 is 0. The largest absolute Gasteiger partial charge is 0.482 e. The van der Waals surface area contributed by atoms with Crippen LogP contribution in [0.2, 0.25) is 0 Å². The molecule has 0 aromatic heterocycles. The van der Waals surface area contributed by atoms with Gasteiger partial charge in [0.1, 0.15) is 12.3 Å². The number of para-hydroxylation sites is 1. The van der Waals surface area contributed by atoms with Gasteiger partial charge >= 0.3 is 0 Å². The van der Waals surface area contributed by atoms with Crippen molar-refractivity contribution in [1.29, 1.82) is 0 Å². The SMILES string of the molecule is CCCCN(CCCNC(=O)CN1C(=O)COc2ccc(C(C)(C)C)cc21)c1ccccc1. The van der Waals surface area contributed by atoms with Crippen molar-refractivity contribution in [3.8, 4) is 5.75 Å². The van der Waals surface area contributed by atoms with E-state index in [2.05, 4.69) is 62.2 Å². The van der Waals surface area contributed by atoms with Crippen molar-refractivity contribution in [1.82, 2.24) is 5.32 Å². The summed E-state index contributed by atoms with van der Waals surface area (Å²) in [5.74, 6) is 0.292. The molecule has 1 heterocycles. The first kappa shape index (κ1) is 24.6. The van der Waals surface area contributed by atoms with E-state index < -0.39 is 0 Å². The van der Waals surface area contributed by atoms with Crippen LogP contribution in [-0.2, 0) is 15.0 Å². The smallest absolute Gasteiger partial charge is 0.265 e. The molecule has 0 unspecified atom stereocenters. The molecule has 0 radical (unpaired) electrons. The van der Waals surface area contributed by atoms with Gasteiger partial charge in [-0.3, -0.25) is 14.5 Å². The van der Waals surface area contributed by atoms with Crippen molar-refractivity contribution in [3.63, 3.8) is 0 Å².